The summed E-state index contributed by atoms with van der Waals surface area (Å²) in [6.45, 7) is 0.0684. The van der Waals surface area contributed by atoms with Gasteiger partial charge in [0.15, 0.2) is 5.11 Å². The molecule has 1 aliphatic heterocycles. The molecule has 1 saturated heterocycles. The highest BCUT2D eigenvalue weighted by Gasteiger charge is 2.34. The molecule has 1 aliphatic rings. The van der Waals surface area contributed by atoms with Crippen molar-refractivity contribution in [3.63, 3.8) is 0 Å². The Hall–Kier alpha value is -4.56. The molecule has 0 bridgehead atoms. The van der Waals surface area contributed by atoms with Gasteiger partial charge >= 0.3 is 0 Å². The quantitative estimate of drug-likeness (QED) is 0.256. The predicted molar refractivity (Wildman–Crippen MR) is 140 cm³/mol. The lowest BCUT2D eigenvalue weighted by atomic mass is 10.1. The fraction of sp³-hybridized carbons (Fsp3) is 0.0370. The maximum absolute atomic E-state index is 13.3. The van der Waals surface area contributed by atoms with E-state index in [1.54, 1.807) is 41.1 Å². The fourth-order valence-corrected chi connectivity index (χ4v) is 4.30. The van der Waals surface area contributed by atoms with E-state index in [1.165, 1.54) is 4.90 Å². The van der Waals surface area contributed by atoms with Gasteiger partial charge in [0.25, 0.3) is 11.8 Å². The number of nitrogens with one attached hydrogen (secondary N) is 2. The third-order valence-electron chi connectivity index (χ3n) is 5.61. The minimum absolute atomic E-state index is 0.0309. The highest BCUT2D eigenvalue weighted by molar-refractivity contribution is 7.80. The molecule has 0 saturated carbocycles. The Labute approximate surface area is 206 Å². The van der Waals surface area contributed by atoms with Crippen LogP contribution in [0, 0.1) is 0 Å². The molecule has 3 aromatic carbocycles. The second-order valence-electron chi connectivity index (χ2n) is 7.94. The summed E-state index contributed by atoms with van der Waals surface area (Å²) >= 11 is 5.26. The molecule has 7 nitrogen and oxygen atoms in total. The van der Waals surface area contributed by atoms with Crippen LogP contribution < -0.4 is 15.5 Å². The average Bonchev–Trinajstić information content (AvgIpc) is 3.20. The van der Waals surface area contributed by atoms with Crippen molar-refractivity contribution < 1.29 is 14.4 Å². The summed E-state index contributed by atoms with van der Waals surface area (Å²) in [5.41, 5.74) is 2.68. The summed E-state index contributed by atoms with van der Waals surface area (Å²) in [5, 5.41) is 6.32. The van der Waals surface area contributed by atoms with Gasteiger partial charge in [0.2, 0.25) is 5.91 Å². The smallest absolute Gasteiger partial charge is 0.270 e. The van der Waals surface area contributed by atoms with Crippen molar-refractivity contribution in [2.24, 2.45) is 0 Å². The first-order valence-electron chi connectivity index (χ1n) is 10.9. The van der Waals surface area contributed by atoms with Crippen LogP contribution in [-0.2, 0) is 20.9 Å². The highest BCUT2D eigenvalue weighted by atomic mass is 32.1. The third kappa shape index (κ3) is 4.47. The van der Waals surface area contributed by atoms with E-state index in [0.717, 1.165) is 10.9 Å². The number of nitrogens with zero attached hydrogens (tertiary/aromatic N) is 2. The van der Waals surface area contributed by atoms with Crippen molar-refractivity contribution in [3.8, 4) is 0 Å². The van der Waals surface area contributed by atoms with Crippen LogP contribution >= 0.6 is 12.2 Å². The predicted octanol–water partition coefficient (Wildman–Crippen LogP) is 4.11. The zero-order valence-electron chi connectivity index (χ0n) is 18.5. The van der Waals surface area contributed by atoms with Gasteiger partial charge in [-0.1, -0.05) is 54.6 Å². The van der Waals surface area contributed by atoms with E-state index < -0.39 is 11.8 Å². The van der Waals surface area contributed by atoms with Gasteiger partial charge in [0.05, 0.1) is 5.69 Å². The summed E-state index contributed by atoms with van der Waals surface area (Å²) < 4.78 is 1.80. The molecular weight excluding hydrogens is 460 g/mol. The summed E-state index contributed by atoms with van der Waals surface area (Å²) in [6.07, 6.45) is 3.31. The molecule has 2 heterocycles. The van der Waals surface area contributed by atoms with Crippen molar-refractivity contribution >= 4 is 63.4 Å². The molecule has 3 amide bonds. The number of carbonyl (C=O) groups is 3. The Morgan fingerprint density at radius 1 is 0.914 bits per heavy atom. The SMILES string of the molecule is O=C(Cn1cc(/C=C2\C(=O)NC(=S)N(c3ccccc3)C2=O)c2ccccc21)Nc1ccccc1. The van der Waals surface area contributed by atoms with Crippen LogP contribution in [-0.4, -0.2) is 27.4 Å². The average molecular weight is 481 g/mol. The normalized spacial score (nSPS) is 14.9. The number of aromatic nitrogens is 1. The lowest BCUT2D eigenvalue weighted by Gasteiger charge is -2.28. The highest BCUT2D eigenvalue weighted by Crippen LogP contribution is 2.26. The van der Waals surface area contributed by atoms with Crippen molar-refractivity contribution in [2.75, 3.05) is 10.2 Å². The summed E-state index contributed by atoms with van der Waals surface area (Å²) in [6, 6.07) is 25.6. The largest absolute Gasteiger partial charge is 0.337 e. The van der Waals surface area contributed by atoms with Crippen LogP contribution in [0.1, 0.15) is 5.56 Å². The number of rotatable bonds is 5. The van der Waals surface area contributed by atoms with Gasteiger partial charge < -0.3 is 9.88 Å². The van der Waals surface area contributed by atoms with Gasteiger partial charge in [-0.2, -0.15) is 0 Å². The van der Waals surface area contributed by atoms with Gasteiger partial charge in [0, 0.05) is 28.4 Å². The molecule has 2 N–H and O–H groups in total. The van der Waals surface area contributed by atoms with E-state index in [0.29, 0.717) is 16.9 Å². The maximum atomic E-state index is 13.3. The lowest BCUT2D eigenvalue weighted by molar-refractivity contribution is -0.122. The van der Waals surface area contributed by atoms with E-state index >= 15 is 0 Å². The number of hydrogen-bond donors (Lipinski definition) is 2. The first-order valence-corrected chi connectivity index (χ1v) is 11.3. The topological polar surface area (TPSA) is 83.4 Å². The Morgan fingerprint density at radius 3 is 2.31 bits per heavy atom. The monoisotopic (exact) mass is 480 g/mol. The molecule has 0 radical (unpaired) electrons. The van der Waals surface area contributed by atoms with Gasteiger partial charge in [-0.3, -0.25) is 24.6 Å². The minimum atomic E-state index is -0.564. The molecule has 5 rings (SSSR count). The van der Waals surface area contributed by atoms with Crippen LogP contribution in [0.5, 0.6) is 0 Å². The van der Waals surface area contributed by atoms with Gasteiger partial charge in [-0.05, 0) is 48.6 Å². The Balaban J connectivity index is 1.49. The fourth-order valence-electron chi connectivity index (χ4n) is 4.02. The van der Waals surface area contributed by atoms with Crippen molar-refractivity contribution in [1.29, 1.82) is 0 Å². The lowest BCUT2D eigenvalue weighted by Crippen LogP contribution is -2.54. The molecule has 0 unspecified atom stereocenters. The summed E-state index contributed by atoms with van der Waals surface area (Å²) in [4.78, 5) is 40.0. The second-order valence-corrected chi connectivity index (χ2v) is 8.32. The van der Waals surface area contributed by atoms with E-state index in [4.69, 9.17) is 12.2 Å². The molecule has 0 spiro atoms. The molecule has 0 atom stereocenters. The van der Waals surface area contributed by atoms with Crippen LogP contribution in [0.25, 0.3) is 17.0 Å². The zero-order chi connectivity index (χ0) is 24.4. The molecule has 172 valence electrons. The first-order chi connectivity index (χ1) is 17.0. The molecule has 35 heavy (non-hydrogen) atoms. The Kier molecular flexibility index (Phi) is 5.95. The third-order valence-corrected chi connectivity index (χ3v) is 5.89. The maximum Gasteiger partial charge on any atom is 0.270 e. The van der Waals surface area contributed by atoms with Crippen LogP contribution in [0.3, 0.4) is 0 Å². The standard InChI is InChI=1S/C27H20N4O3S/c32-24(28-19-9-3-1-4-10-19)17-30-16-18(21-13-7-8-14-23(21)30)15-22-25(33)29-27(35)31(26(22)34)20-11-5-2-6-12-20/h1-16H,17H2,(H,28,32)(H,29,33,35)/b22-15+. The first kappa shape index (κ1) is 22.2. The van der Waals surface area contributed by atoms with Crippen LogP contribution in [0.15, 0.2) is 96.7 Å². The minimum Gasteiger partial charge on any atom is -0.337 e. The van der Waals surface area contributed by atoms with Crippen LogP contribution in [0.4, 0.5) is 11.4 Å². The second kappa shape index (κ2) is 9.36. The summed E-state index contributed by atoms with van der Waals surface area (Å²) in [5.74, 6) is -1.27. The Bertz CT molecular complexity index is 1490. The number of thiocarbonyl (C=S) groups is 1. The number of fused-ring (bicyclic) bond motifs is 1. The number of carbonyl (C=O) groups excluding carboxylic acids is 3. The summed E-state index contributed by atoms with van der Waals surface area (Å²) in [7, 11) is 0. The van der Waals surface area contributed by atoms with E-state index in [-0.39, 0.29) is 23.1 Å². The molecule has 8 heteroatoms. The van der Waals surface area contributed by atoms with E-state index in [2.05, 4.69) is 10.6 Å². The van der Waals surface area contributed by atoms with Crippen LogP contribution in [0.2, 0.25) is 0 Å². The molecule has 0 aliphatic carbocycles. The number of para-hydroxylation sites is 3. The number of amides is 3. The number of benzene rings is 3. The number of hydrogen-bond acceptors (Lipinski definition) is 4. The van der Waals surface area contributed by atoms with Crippen molar-refractivity contribution in [1.82, 2.24) is 9.88 Å². The van der Waals surface area contributed by atoms with Gasteiger partial charge in [-0.25, -0.2) is 0 Å². The zero-order valence-corrected chi connectivity index (χ0v) is 19.3. The Morgan fingerprint density at radius 2 is 1.57 bits per heavy atom. The molecular formula is C27H20N4O3S. The molecule has 4 aromatic rings. The number of anilines is 2. The van der Waals surface area contributed by atoms with Gasteiger partial charge in [0.1, 0.15) is 12.1 Å². The van der Waals surface area contributed by atoms with Crippen molar-refractivity contribution in [2.45, 2.75) is 6.54 Å². The van der Waals surface area contributed by atoms with E-state index in [9.17, 15) is 14.4 Å². The van der Waals surface area contributed by atoms with E-state index in [1.807, 2.05) is 60.7 Å². The van der Waals surface area contributed by atoms with Gasteiger partial charge in [-0.15, -0.1) is 0 Å². The molecule has 1 fully saturated rings. The van der Waals surface area contributed by atoms with Crippen molar-refractivity contribution in [3.05, 3.63) is 102 Å². The molecule has 1 aromatic heterocycles.